The van der Waals surface area contributed by atoms with Crippen LogP contribution >= 0.6 is 0 Å². The van der Waals surface area contributed by atoms with Crippen molar-refractivity contribution < 1.29 is 38.4 Å². The van der Waals surface area contributed by atoms with E-state index in [4.69, 9.17) is 0 Å². The molecule has 4 aliphatic rings. The lowest BCUT2D eigenvalue weighted by Crippen LogP contribution is -2.61. The van der Waals surface area contributed by atoms with Crippen LogP contribution in [0.3, 0.4) is 0 Å². The Labute approximate surface area is 406 Å². The fourth-order valence-electron chi connectivity index (χ4n) is 9.60. The van der Waals surface area contributed by atoms with Gasteiger partial charge in [0.1, 0.15) is 36.3 Å². The highest BCUT2D eigenvalue weighted by molar-refractivity contribution is 5.97. The van der Waals surface area contributed by atoms with E-state index in [9.17, 15) is 38.4 Å². The summed E-state index contributed by atoms with van der Waals surface area (Å²) >= 11 is 0. The first-order valence-electron chi connectivity index (χ1n) is 25.4. The quantitative estimate of drug-likeness (QED) is 0.0832. The van der Waals surface area contributed by atoms with Crippen molar-refractivity contribution in [3.63, 3.8) is 0 Å². The number of likely N-dealkylation sites (N-methyl/N-ethyl adjacent to an activating group) is 2. The molecule has 4 unspecified atom stereocenters. The van der Waals surface area contributed by atoms with E-state index in [-0.39, 0.29) is 35.5 Å². The van der Waals surface area contributed by atoms with Gasteiger partial charge in [0, 0.05) is 25.2 Å². The Kier molecular flexibility index (Phi) is 22.7. The molecule has 8 amide bonds. The van der Waals surface area contributed by atoms with E-state index in [0.717, 1.165) is 38.5 Å². The van der Waals surface area contributed by atoms with Crippen molar-refractivity contribution in [3.8, 4) is 12.1 Å². The summed E-state index contributed by atoms with van der Waals surface area (Å²) in [4.78, 5) is 113. The Balaban J connectivity index is 0.00000604. The molecule has 0 spiro atoms. The van der Waals surface area contributed by atoms with Crippen LogP contribution in [0.1, 0.15) is 159 Å². The second kappa shape index (κ2) is 26.8. The van der Waals surface area contributed by atoms with Crippen LogP contribution in [0.5, 0.6) is 0 Å². The molecule has 18 nitrogen and oxygen atoms in total. The zero-order valence-electron chi connectivity index (χ0n) is 43.2. The van der Waals surface area contributed by atoms with Gasteiger partial charge in [-0.05, 0) is 102 Å². The molecule has 4 fully saturated rings. The van der Waals surface area contributed by atoms with Crippen LogP contribution in [0.2, 0.25) is 0 Å². The summed E-state index contributed by atoms with van der Waals surface area (Å²) in [6, 6.07) is -1.26. The number of rotatable bonds is 16. The molecule has 68 heavy (non-hydrogen) atoms. The minimum atomic E-state index is -0.945. The highest BCUT2D eigenvalue weighted by atomic mass is 16.2. The molecule has 0 aromatic carbocycles. The number of amides is 8. The fraction of sp³-hybridized carbons (Fsp3) is 0.800. The van der Waals surface area contributed by atoms with E-state index < -0.39 is 82.8 Å². The average molecular weight is 955 g/mol. The van der Waals surface area contributed by atoms with Crippen LogP contribution in [0.4, 0.5) is 0 Å². The molecule has 8 N–H and O–H groups in total. The first-order chi connectivity index (χ1) is 32.1. The Morgan fingerprint density at radius 1 is 0.471 bits per heavy atom. The molecule has 2 saturated heterocycles. The van der Waals surface area contributed by atoms with Gasteiger partial charge in [0.25, 0.3) is 11.8 Å². The predicted molar refractivity (Wildman–Crippen MR) is 262 cm³/mol. The van der Waals surface area contributed by atoms with Gasteiger partial charge in [-0.3, -0.25) is 49.0 Å². The van der Waals surface area contributed by atoms with Gasteiger partial charge in [0.15, 0.2) is 0 Å². The van der Waals surface area contributed by atoms with Crippen LogP contribution in [-0.2, 0) is 38.4 Å². The third-order valence-corrected chi connectivity index (χ3v) is 14.0. The zero-order chi connectivity index (χ0) is 50.9. The molecule has 4 rings (SSSR count). The van der Waals surface area contributed by atoms with E-state index in [1.807, 2.05) is 55.4 Å². The normalized spacial score (nSPS) is 21.7. The monoisotopic (exact) mass is 955 g/mol. The molecule has 0 bridgehead atoms. The summed E-state index contributed by atoms with van der Waals surface area (Å²) < 4.78 is 0. The maximum Gasteiger partial charge on any atom is 0.254 e. The van der Waals surface area contributed by atoms with Crippen LogP contribution in [0.15, 0.2) is 0 Å². The Hall–Kier alpha value is -4.76. The highest BCUT2D eigenvalue weighted by Gasteiger charge is 2.45. The van der Waals surface area contributed by atoms with Crippen LogP contribution < -0.4 is 42.5 Å². The lowest BCUT2D eigenvalue weighted by atomic mass is 9.83. The topological polar surface area (TPSA) is 239 Å². The van der Waals surface area contributed by atoms with E-state index in [1.165, 1.54) is 9.80 Å². The van der Waals surface area contributed by atoms with Crippen molar-refractivity contribution >= 4 is 47.3 Å². The lowest BCUT2D eigenvalue weighted by molar-refractivity contribution is -0.144. The van der Waals surface area contributed by atoms with Gasteiger partial charge < -0.3 is 41.7 Å². The van der Waals surface area contributed by atoms with Gasteiger partial charge in [0.2, 0.25) is 35.4 Å². The van der Waals surface area contributed by atoms with Gasteiger partial charge in [-0.25, -0.2) is 0 Å². The van der Waals surface area contributed by atoms with Gasteiger partial charge >= 0.3 is 0 Å². The first-order valence-corrected chi connectivity index (χ1v) is 25.4. The molecule has 0 radical (unpaired) electrons. The molecule has 2 heterocycles. The number of hydrogen-bond donors (Lipinski definition) is 8. The fourth-order valence-corrected chi connectivity index (χ4v) is 9.60. The number of carbonyl (C=O) groups is 8. The molecule has 0 aromatic rings. The molecule has 0 aromatic heterocycles. The highest BCUT2D eigenvalue weighted by Crippen LogP contribution is 2.31. The first kappa shape index (κ1) is 57.6. The van der Waals surface area contributed by atoms with Crippen molar-refractivity contribution in [2.75, 3.05) is 27.2 Å². The SMILES string of the molecule is CC.CNC(C)C(=O)N[C@H](C(=O)N1CCCC1C(=O)N[C@H](C(=O)NC#CNC(=O)C(NC(=O)[C@@H]1CCCN1C(=O)C(NC(=O)[C@H](C)NC)C(C)(C)C)C1CCCCC1)C1CCCCC1)C(C)(C)C. The van der Waals surface area contributed by atoms with Crippen LogP contribution in [0, 0.1) is 34.8 Å². The van der Waals surface area contributed by atoms with Crippen molar-refractivity contribution in [3.05, 3.63) is 0 Å². The van der Waals surface area contributed by atoms with Gasteiger partial charge in [0.05, 0.1) is 12.1 Å². The standard InChI is InChI=1S/C48H80N10O8.C2H6/c1-29(49-9)39(59)55-37(47(3,4)5)45(65)57-27-17-23-33(57)41(61)53-35(31-19-13-11-14-20-31)43(63)51-25-26-52-44(64)36(32-21-15-12-16-22-32)54-42(62)34-24-18-28-58(34)46(66)38(48(6,7)8)56-40(60)30(2)50-10;1-2/h29-38,49-50H,11-24,27-28H2,1-10H3,(H,51,63)(H,52,64)(H,53,61)(H,54,62)(H,55,59)(H,56,60);1-2H3/t29-,30?,33-,34?,35?,36-,37?,38+;/m0./s1. The minimum Gasteiger partial charge on any atom is -0.342 e. The third kappa shape index (κ3) is 15.9. The Morgan fingerprint density at radius 3 is 1.09 bits per heavy atom. The molecular weight excluding hydrogens is 869 g/mol. The molecule has 2 saturated carbocycles. The number of nitrogens with one attached hydrogen (secondary N) is 8. The third-order valence-electron chi connectivity index (χ3n) is 14.0. The summed E-state index contributed by atoms with van der Waals surface area (Å²) in [5.74, 6) is -3.70. The number of likely N-dealkylation sites (tertiary alicyclic amines) is 2. The molecular formula is C50H86N10O8. The number of hydrogen-bond acceptors (Lipinski definition) is 10. The van der Waals surface area contributed by atoms with Crippen molar-refractivity contribution in [2.45, 2.75) is 207 Å². The summed E-state index contributed by atoms with van der Waals surface area (Å²) in [5.41, 5.74) is -1.30. The second-order valence-electron chi connectivity index (χ2n) is 21.0. The smallest absolute Gasteiger partial charge is 0.254 e. The molecule has 384 valence electrons. The maximum atomic E-state index is 14.1. The summed E-state index contributed by atoms with van der Waals surface area (Å²) in [5, 5.41) is 22.6. The molecule has 18 heteroatoms. The van der Waals surface area contributed by atoms with Gasteiger partial charge in [-0.2, -0.15) is 0 Å². The number of carbonyl (C=O) groups excluding carboxylic acids is 8. The number of nitrogens with zero attached hydrogens (tertiary/aromatic N) is 2. The summed E-state index contributed by atoms with van der Waals surface area (Å²) in [7, 11) is 3.32. The summed E-state index contributed by atoms with van der Waals surface area (Å²) in [6.07, 6.45) is 10.4. The Morgan fingerprint density at radius 2 is 0.794 bits per heavy atom. The largest absolute Gasteiger partial charge is 0.342 e. The van der Waals surface area contributed by atoms with Crippen molar-refractivity contribution in [1.29, 1.82) is 0 Å². The molecule has 8 atom stereocenters. The van der Waals surface area contributed by atoms with Gasteiger partial charge in [-0.1, -0.05) is 93.9 Å². The van der Waals surface area contributed by atoms with E-state index in [1.54, 1.807) is 27.9 Å². The van der Waals surface area contributed by atoms with E-state index in [2.05, 4.69) is 54.6 Å². The zero-order valence-corrected chi connectivity index (χ0v) is 43.2. The maximum absolute atomic E-state index is 14.1. The molecule has 2 aliphatic carbocycles. The van der Waals surface area contributed by atoms with Crippen molar-refractivity contribution in [1.82, 2.24) is 52.3 Å². The van der Waals surface area contributed by atoms with Gasteiger partial charge in [-0.15, -0.1) is 0 Å². The average Bonchev–Trinajstić information content (AvgIpc) is 4.03. The Bertz CT molecular complexity index is 1680. The minimum absolute atomic E-state index is 0.172. The lowest BCUT2D eigenvalue weighted by Gasteiger charge is -2.36. The second-order valence-corrected chi connectivity index (χ2v) is 21.0. The molecule has 2 aliphatic heterocycles. The van der Waals surface area contributed by atoms with E-state index >= 15 is 0 Å². The van der Waals surface area contributed by atoms with Crippen LogP contribution in [-0.4, -0.2) is 133 Å². The predicted octanol–water partition coefficient (Wildman–Crippen LogP) is 2.55. The van der Waals surface area contributed by atoms with Crippen molar-refractivity contribution in [2.24, 2.45) is 22.7 Å². The van der Waals surface area contributed by atoms with Crippen LogP contribution in [0.25, 0.3) is 0 Å². The van der Waals surface area contributed by atoms with E-state index in [0.29, 0.717) is 64.5 Å². The summed E-state index contributed by atoms with van der Waals surface area (Å²) in [6.45, 7) is 19.2.